The molecule has 4 heteroatoms. The Kier molecular flexibility index (Phi) is 3.14. The van der Waals surface area contributed by atoms with Crippen molar-refractivity contribution in [2.45, 2.75) is 6.92 Å². The van der Waals surface area contributed by atoms with Gasteiger partial charge in [0.1, 0.15) is 0 Å². The van der Waals surface area contributed by atoms with Crippen LogP contribution in [0.4, 0.5) is 4.79 Å². The first-order valence-corrected chi connectivity index (χ1v) is 4.17. The highest BCUT2D eigenvalue weighted by Gasteiger charge is 2.07. The third-order valence-corrected chi connectivity index (χ3v) is 2.05. The highest BCUT2D eigenvalue weighted by Crippen LogP contribution is 2.27. The van der Waals surface area contributed by atoms with Gasteiger partial charge in [-0.2, -0.15) is 0 Å². The van der Waals surface area contributed by atoms with E-state index in [0.717, 1.165) is 5.56 Å². The summed E-state index contributed by atoms with van der Waals surface area (Å²) in [4.78, 5) is 10.9. The van der Waals surface area contributed by atoms with Gasteiger partial charge in [-0.25, -0.2) is 4.79 Å². The minimum absolute atomic E-state index is 0.376. The van der Waals surface area contributed by atoms with Gasteiger partial charge >= 0.3 is 6.09 Å². The Morgan fingerprint density at radius 3 is 2.85 bits per heavy atom. The number of amides is 1. The van der Waals surface area contributed by atoms with Gasteiger partial charge in [0.05, 0.1) is 5.02 Å². The molecule has 0 fully saturated rings. The molecule has 1 aromatic carbocycles. The minimum atomic E-state index is -0.521. The molecule has 3 nitrogen and oxygen atoms in total. The van der Waals surface area contributed by atoms with Crippen LogP contribution in [-0.2, 0) is 0 Å². The van der Waals surface area contributed by atoms with Gasteiger partial charge in [0.25, 0.3) is 0 Å². The standard InChI is InChI=1S/C9H10ClNO2/c1-6-4-3-5-7(8(6)10)13-9(12)11-2/h3-5H,1-2H3,(H,11,12). The van der Waals surface area contributed by atoms with Gasteiger partial charge in [-0.15, -0.1) is 0 Å². The van der Waals surface area contributed by atoms with E-state index in [1.807, 2.05) is 13.0 Å². The Bertz CT molecular complexity index is 325. The second-order valence-electron chi connectivity index (χ2n) is 2.53. The summed E-state index contributed by atoms with van der Waals surface area (Å²) in [7, 11) is 1.49. The van der Waals surface area contributed by atoms with Gasteiger partial charge in [0, 0.05) is 7.05 Å². The SMILES string of the molecule is CNC(=O)Oc1cccc(C)c1Cl. The van der Waals surface area contributed by atoms with Crippen molar-refractivity contribution in [3.8, 4) is 5.75 Å². The molecule has 0 radical (unpaired) electrons. The predicted octanol–water partition coefficient (Wildman–Crippen LogP) is 2.37. The van der Waals surface area contributed by atoms with E-state index in [2.05, 4.69) is 5.32 Å². The molecular formula is C9H10ClNO2. The summed E-state index contributed by atoms with van der Waals surface area (Å²) in [5, 5.41) is 2.80. The van der Waals surface area contributed by atoms with Gasteiger partial charge in [-0.3, -0.25) is 0 Å². The fourth-order valence-electron chi connectivity index (χ4n) is 0.850. The molecule has 0 aliphatic carbocycles. The predicted molar refractivity (Wildman–Crippen MR) is 51.3 cm³/mol. The highest BCUT2D eigenvalue weighted by molar-refractivity contribution is 6.32. The molecule has 70 valence electrons. The van der Waals surface area contributed by atoms with Crippen LogP contribution in [0.3, 0.4) is 0 Å². The number of carbonyl (C=O) groups excluding carboxylic acids is 1. The van der Waals surface area contributed by atoms with Gasteiger partial charge in [-0.05, 0) is 18.6 Å². The Hall–Kier alpha value is -1.22. The molecule has 0 heterocycles. The number of hydrogen-bond acceptors (Lipinski definition) is 2. The monoisotopic (exact) mass is 199 g/mol. The molecule has 0 aromatic heterocycles. The van der Waals surface area contributed by atoms with Crippen LogP contribution in [0.1, 0.15) is 5.56 Å². The van der Waals surface area contributed by atoms with Crippen LogP contribution in [0.25, 0.3) is 0 Å². The molecule has 1 rings (SSSR count). The summed E-state index contributed by atoms with van der Waals surface area (Å²) in [5.74, 6) is 0.376. The van der Waals surface area contributed by atoms with Crippen molar-refractivity contribution in [3.63, 3.8) is 0 Å². The molecule has 0 saturated heterocycles. The van der Waals surface area contributed by atoms with Crippen LogP contribution in [0.2, 0.25) is 5.02 Å². The molecule has 0 saturated carbocycles. The van der Waals surface area contributed by atoms with Crippen LogP contribution < -0.4 is 10.1 Å². The van der Waals surface area contributed by atoms with Gasteiger partial charge in [0.15, 0.2) is 5.75 Å². The zero-order chi connectivity index (χ0) is 9.84. The van der Waals surface area contributed by atoms with Gasteiger partial charge in [0.2, 0.25) is 0 Å². The third kappa shape index (κ3) is 2.36. The van der Waals surface area contributed by atoms with Crippen LogP contribution in [0, 0.1) is 6.92 Å². The molecule has 0 unspecified atom stereocenters. The number of rotatable bonds is 1. The molecule has 0 aliphatic heterocycles. The summed E-state index contributed by atoms with van der Waals surface area (Å²) in [6, 6.07) is 5.27. The fourth-order valence-corrected chi connectivity index (χ4v) is 1.01. The van der Waals surface area contributed by atoms with E-state index in [-0.39, 0.29) is 0 Å². The van der Waals surface area contributed by atoms with E-state index in [1.54, 1.807) is 12.1 Å². The van der Waals surface area contributed by atoms with E-state index >= 15 is 0 Å². The number of benzene rings is 1. The summed E-state index contributed by atoms with van der Waals surface area (Å²) in [5.41, 5.74) is 0.878. The van der Waals surface area contributed by atoms with Crippen LogP contribution in [0.15, 0.2) is 18.2 Å². The molecule has 0 aliphatic rings. The number of ether oxygens (including phenoxy) is 1. The highest BCUT2D eigenvalue weighted by atomic mass is 35.5. The van der Waals surface area contributed by atoms with Crippen molar-refractivity contribution in [3.05, 3.63) is 28.8 Å². The second-order valence-corrected chi connectivity index (χ2v) is 2.90. The number of carbonyl (C=O) groups is 1. The largest absolute Gasteiger partial charge is 0.412 e. The number of halogens is 1. The molecule has 0 atom stereocenters. The summed E-state index contributed by atoms with van der Waals surface area (Å²) >= 11 is 5.89. The lowest BCUT2D eigenvalue weighted by atomic mass is 10.2. The normalized spacial score (nSPS) is 9.46. The molecule has 1 amide bonds. The molecule has 0 spiro atoms. The lowest BCUT2D eigenvalue weighted by Crippen LogP contribution is -2.22. The van der Waals surface area contributed by atoms with Gasteiger partial charge in [-0.1, -0.05) is 23.7 Å². The van der Waals surface area contributed by atoms with Crippen molar-refractivity contribution in [1.82, 2.24) is 5.32 Å². The minimum Gasteiger partial charge on any atom is -0.409 e. The smallest absolute Gasteiger partial charge is 0.409 e. The van der Waals surface area contributed by atoms with Crippen molar-refractivity contribution < 1.29 is 9.53 Å². The fraction of sp³-hybridized carbons (Fsp3) is 0.222. The summed E-state index contributed by atoms with van der Waals surface area (Å²) in [6.07, 6.45) is -0.521. The van der Waals surface area contributed by atoms with E-state index < -0.39 is 6.09 Å². The van der Waals surface area contributed by atoms with Crippen molar-refractivity contribution in [2.24, 2.45) is 0 Å². The zero-order valence-corrected chi connectivity index (χ0v) is 8.18. The maximum atomic E-state index is 10.9. The lowest BCUT2D eigenvalue weighted by Gasteiger charge is -2.06. The Morgan fingerprint density at radius 2 is 2.23 bits per heavy atom. The van der Waals surface area contributed by atoms with Crippen molar-refractivity contribution in [2.75, 3.05) is 7.05 Å². The first-order valence-electron chi connectivity index (χ1n) is 3.80. The van der Waals surface area contributed by atoms with Crippen molar-refractivity contribution in [1.29, 1.82) is 0 Å². The molecule has 13 heavy (non-hydrogen) atoms. The topological polar surface area (TPSA) is 38.3 Å². The van der Waals surface area contributed by atoms with Crippen LogP contribution >= 0.6 is 11.6 Å². The zero-order valence-electron chi connectivity index (χ0n) is 7.43. The number of nitrogens with one attached hydrogen (secondary N) is 1. The molecule has 0 bridgehead atoms. The first-order chi connectivity index (χ1) is 6.15. The van der Waals surface area contributed by atoms with E-state index in [0.29, 0.717) is 10.8 Å². The quantitative estimate of drug-likeness (QED) is 0.754. The molecule has 1 aromatic rings. The second kappa shape index (κ2) is 4.14. The molecular weight excluding hydrogens is 190 g/mol. The average molecular weight is 200 g/mol. The Balaban J connectivity index is 2.89. The Morgan fingerprint density at radius 1 is 1.54 bits per heavy atom. The lowest BCUT2D eigenvalue weighted by molar-refractivity contribution is 0.203. The summed E-state index contributed by atoms with van der Waals surface area (Å²) in [6.45, 7) is 1.85. The van der Waals surface area contributed by atoms with Crippen LogP contribution in [-0.4, -0.2) is 13.1 Å². The number of aryl methyl sites for hydroxylation is 1. The van der Waals surface area contributed by atoms with Gasteiger partial charge < -0.3 is 10.1 Å². The Labute approximate surface area is 81.7 Å². The van der Waals surface area contributed by atoms with Crippen LogP contribution in [0.5, 0.6) is 5.75 Å². The van der Waals surface area contributed by atoms with E-state index in [9.17, 15) is 4.79 Å². The summed E-state index contributed by atoms with van der Waals surface area (Å²) < 4.78 is 4.89. The maximum Gasteiger partial charge on any atom is 0.412 e. The van der Waals surface area contributed by atoms with Crippen molar-refractivity contribution >= 4 is 17.7 Å². The average Bonchev–Trinajstić information content (AvgIpc) is 2.13. The maximum absolute atomic E-state index is 10.9. The molecule has 1 N–H and O–H groups in total. The number of hydrogen-bond donors (Lipinski definition) is 1. The third-order valence-electron chi connectivity index (χ3n) is 1.56. The van der Waals surface area contributed by atoms with E-state index in [4.69, 9.17) is 16.3 Å². The van der Waals surface area contributed by atoms with E-state index in [1.165, 1.54) is 7.05 Å². The first kappa shape index (κ1) is 9.86.